The molecule has 0 heterocycles. The minimum absolute atomic E-state index is 0. The van der Waals surface area contributed by atoms with Crippen LogP contribution in [0.5, 0.6) is 0 Å². The van der Waals surface area contributed by atoms with Gasteiger partial charge in [0.2, 0.25) is 11.8 Å². The van der Waals surface area contributed by atoms with Crippen molar-refractivity contribution in [2.75, 3.05) is 33.0 Å². The topological polar surface area (TPSA) is 93.7 Å². The summed E-state index contributed by atoms with van der Waals surface area (Å²) in [6.07, 6.45) is 4.14. The zero-order valence-corrected chi connectivity index (χ0v) is 15.5. The zero-order valence-electron chi connectivity index (χ0n) is 15.5. The van der Waals surface area contributed by atoms with E-state index in [9.17, 15) is 14.4 Å². The first-order valence-electron chi connectivity index (χ1n) is 9.31. The molecule has 148 valence electrons. The number of hydrogen-bond donors (Lipinski definition) is 2. The molecule has 0 atom stereocenters. The molecule has 1 aliphatic rings. The van der Waals surface area contributed by atoms with Crippen LogP contribution in [0.25, 0.3) is 0 Å². The minimum atomic E-state index is -0.0894. The van der Waals surface area contributed by atoms with E-state index in [1.54, 1.807) is 0 Å². The Hall–Kier alpha value is -1.47. The van der Waals surface area contributed by atoms with E-state index in [1.165, 1.54) is 0 Å². The van der Waals surface area contributed by atoms with Crippen molar-refractivity contribution in [2.45, 2.75) is 58.4 Å². The van der Waals surface area contributed by atoms with Gasteiger partial charge in [-0.1, -0.05) is 6.92 Å². The van der Waals surface area contributed by atoms with Crippen LogP contribution in [-0.2, 0) is 23.9 Å². The van der Waals surface area contributed by atoms with Gasteiger partial charge in [-0.05, 0) is 32.6 Å². The van der Waals surface area contributed by atoms with E-state index in [0.717, 1.165) is 25.7 Å². The lowest BCUT2D eigenvalue weighted by molar-refractivity contribution is -0.127. The monoisotopic (exact) mass is 360 g/mol. The number of ketones is 1. The van der Waals surface area contributed by atoms with Crippen LogP contribution >= 0.6 is 0 Å². The van der Waals surface area contributed by atoms with E-state index in [1.807, 2.05) is 13.8 Å². The fourth-order valence-corrected chi connectivity index (χ4v) is 2.82. The molecule has 0 radical (unpaired) electrons. The summed E-state index contributed by atoms with van der Waals surface area (Å²) in [5, 5.41) is 5.83. The van der Waals surface area contributed by atoms with E-state index >= 15 is 0 Å². The molecule has 0 bridgehead atoms. The smallest absolute Gasteiger partial charge is 0.246 e. The highest BCUT2D eigenvalue weighted by Crippen LogP contribution is 2.24. The lowest BCUT2D eigenvalue weighted by Crippen LogP contribution is -2.42. The summed E-state index contributed by atoms with van der Waals surface area (Å²) in [5.41, 5.74) is 0. The maximum atomic E-state index is 12.1. The van der Waals surface area contributed by atoms with Gasteiger partial charge in [0.05, 0.1) is 13.2 Å². The van der Waals surface area contributed by atoms with Crippen molar-refractivity contribution in [3.05, 3.63) is 0 Å². The van der Waals surface area contributed by atoms with Crippen molar-refractivity contribution in [1.82, 2.24) is 10.6 Å². The summed E-state index contributed by atoms with van der Waals surface area (Å²) >= 11 is 0. The summed E-state index contributed by atoms with van der Waals surface area (Å²) in [7, 11) is 0. The molecule has 2 N–H and O–H groups in total. The number of carbonyl (C=O) groups excluding carboxylic acids is 3. The molecule has 0 spiro atoms. The summed E-state index contributed by atoms with van der Waals surface area (Å²) < 4.78 is 10.4. The van der Waals surface area contributed by atoms with Gasteiger partial charge in [0.1, 0.15) is 12.4 Å². The van der Waals surface area contributed by atoms with Crippen molar-refractivity contribution in [3.8, 4) is 0 Å². The SMILES string of the molecule is CCOCC(=O)NC1CCC(C(=O)NCCOCCC(=O)CC)CC1.[HH].[HH]. The van der Waals surface area contributed by atoms with Crippen molar-refractivity contribution < 1.29 is 26.7 Å². The first kappa shape index (κ1) is 21.6. The maximum Gasteiger partial charge on any atom is 0.246 e. The van der Waals surface area contributed by atoms with Gasteiger partial charge in [0, 0.05) is 40.8 Å². The molecule has 2 amide bonds. The van der Waals surface area contributed by atoms with Gasteiger partial charge in [-0.15, -0.1) is 0 Å². The van der Waals surface area contributed by atoms with Crippen LogP contribution in [0.3, 0.4) is 0 Å². The minimum Gasteiger partial charge on any atom is -0.379 e. The van der Waals surface area contributed by atoms with E-state index in [2.05, 4.69) is 10.6 Å². The Labute approximate surface area is 153 Å². The molecular weight excluding hydrogens is 324 g/mol. The predicted molar refractivity (Wildman–Crippen MR) is 98.4 cm³/mol. The van der Waals surface area contributed by atoms with E-state index in [-0.39, 0.29) is 39.0 Å². The molecular formula is C18H36N2O5. The molecule has 0 aromatic heterocycles. The van der Waals surface area contributed by atoms with Crippen LogP contribution in [0.2, 0.25) is 0 Å². The number of amides is 2. The number of hydrogen-bond acceptors (Lipinski definition) is 5. The van der Waals surface area contributed by atoms with Gasteiger partial charge >= 0.3 is 0 Å². The van der Waals surface area contributed by atoms with Gasteiger partial charge in [0.25, 0.3) is 0 Å². The fraction of sp³-hybridized carbons (Fsp3) is 0.833. The molecule has 7 heteroatoms. The maximum absolute atomic E-state index is 12.1. The van der Waals surface area contributed by atoms with Crippen LogP contribution in [-0.4, -0.2) is 56.6 Å². The molecule has 1 aliphatic carbocycles. The number of nitrogens with one attached hydrogen (secondary N) is 2. The Bertz CT molecular complexity index is 430. The summed E-state index contributed by atoms with van der Waals surface area (Å²) in [4.78, 5) is 34.9. The summed E-state index contributed by atoms with van der Waals surface area (Å²) in [5.74, 6) is 0.150. The molecule has 0 aliphatic heterocycles. The summed E-state index contributed by atoms with van der Waals surface area (Å²) in [6, 6.07) is 0.136. The first-order chi connectivity index (χ1) is 12.1. The van der Waals surface area contributed by atoms with E-state index < -0.39 is 0 Å². The number of Topliss-reactive ketones (excluding diaryl/α,β-unsaturated/α-hetero) is 1. The Morgan fingerprint density at radius 1 is 1.04 bits per heavy atom. The second-order valence-electron chi connectivity index (χ2n) is 6.30. The largest absolute Gasteiger partial charge is 0.379 e. The van der Waals surface area contributed by atoms with E-state index in [0.29, 0.717) is 39.2 Å². The van der Waals surface area contributed by atoms with Crippen molar-refractivity contribution in [1.29, 1.82) is 0 Å². The number of rotatable bonds is 12. The van der Waals surface area contributed by atoms with Crippen LogP contribution in [0.15, 0.2) is 0 Å². The second kappa shape index (κ2) is 12.8. The Balaban J connectivity index is 0. The molecule has 0 aromatic carbocycles. The third-order valence-corrected chi connectivity index (χ3v) is 4.37. The number of ether oxygens (including phenoxy) is 2. The highest BCUT2D eigenvalue weighted by Gasteiger charge is 2.26. The van der Waals surface area contributed by atoms with Crippen molar-refractivity contribution >= 4 is 17.6 Å². The van der Waals surface area contributed by atoms with Gasteiger partial charge in [0.15, 0.2) is 0 Å². The highest BCUT2D eigenvalue weighted by molar-refractivity contribution is 5.79. The van der Waals surface area contributed by atoms with Crippen LogP contribution in [0.1, 0.15) is 55.2 Å². The second-order valence-corrected chi connectivity index (χ2v) is 6.30. The third kappa shape index (κ3) is 9.55. The normalized spacial score (nSPS) is 20.1. The summed E-state index contributed by atoms with van der Waals surface area (Å²) in [6.45, 7) is 5.61. The predicted octanol–water partition coefficient (Wildman–Crippen LogP) is 1.69. The Kier molecular flexibility index (Phi) is 11.1. The molecule has 0 unspecified atom stereocenters. The Morgan fingerprint density at radius 2 is 1.76 bits per heavy atom. The lowest BCUT2D eigenvalue weighted by atomic mass is 9.85. The number of carbonyl (C=O) groups is 3. The fourth-order valence-electron chi connectivity index (χ4n) is 2.82. The molecule has 25 heavy (non-hydrogen) atoms. The highest BCUT2D eigenvalue weighted by atomic mass is 16.5. The average molecular weight is 360 g/mol. The van der Waals surface area contributed by atoms with Gasteiger partial charge in [-0.3, -0.25) is 14.4 Å². The van der Waals surface area contributed by atoms with Crippen molar-refractivity contribution in [3.63, 3.8) is 0 Å². The molecule has 1 saturated carbocycles. The molecule has 0 aromatic rings. The average Bonchev–Trinajstić information content (AvgIpc) is 2.62. The van der Waals surface area contributed by atoms with Gasteiger partial charge in [-0.25, -0.2) is 0 Å². The third-order valence-electron chi connectivity index (χ3n) is 4.37. The molecule has 1 rings (SSSR count). The Morgan fingerprint density at radius 3 is 2.40 bits per heavy atom. The lowest BCUT2D eigenvalue weighted by Gasteiger charge is -2.28. The first-order valence-corrected chi connectivity index (χ1v) is 9.31. The standard InChI is InChI=1S/C18H32N2O5.2H2/c1-3-16(21)9-11-25-12-10-19-18(23)14-5-7-15(8-6-14)20-17(22)13-24-4-2;;/h14-15H,3-13H2,1-2H3,(H,19,23)(H,20,22);2*1H. The van der Waals surface area contributed by atoms with Crippen molar-refractivity contribution in [2.24, 2.45) is 5.92 Å². The molecule has 0 saturated heterocycles. The van der Waals surface area contributed by atoms with Crippen LogP contribution < -0.4 is 10.6 Å². The molecule has 1 fully saturated rings. The molecule has 7 nitrogen and oxygen atoms in total. The van der Waals surface area contributed by atoms with Crippen LogP contribution in [0, 0.1) is 5.92 Å². The van der Waals surface area contributed by atoms with Gasteiger partial charge < -0.3 is 20.1 Å². The van der Waals surface area contributed by atoms with Gasteiger partial charge in [-0.2, -0.15) is 0 Å². The van der Waals surface area contributed by atoms with E-state index in [4.69, 9.17) is 9.47 Å². The quantitative estimate of drug-likeness (QED) is 0.517. The zero-order chi connectivity index (χ0) is 18.5. The van der Waals surface area contributed by atoms with Crippen LogP contribution in [0.4, 0.5) is 0 Å².